The van der Waals surface area contributed by atoms with Crippen LogP contribution in [0.3, 0.4) is 0 Å². The van der Waals surface area contributed by atoms with Crippen LogP contribution in [0.1, 0.15) is 71.0 Å². The molecule has 0 unspecified atom stereocenters. The van der Waals surface area contributed by atoms with Gasteiger partial charge in [0.15, 0.2) is 18.4 Å². The summed E-state index contributed by atoms with van der Waals surface area (Å²) in [7, 11) is -4.42. The summed E-state index contributed by atoms with van der Waals surface area (Å²) in [5.41, 5.74) is 9.82. The fraction of sp³-hybridized carbons (Fsp3) is 0.302. The van der Waals surface area contributed by atoms with Crippen molar-refractivity contribution in [3.63, 3.8) is 0 Å². The van der Waals surface area contributed by atoms with Crippen LogP contribution in [-0.4, -0.2) is 63.3 Å². The summed E-state index contributed by atoms with van der Waals surface area (Å²) >= 11 is 1.08. The van der Waals surface area contributed by atoms with E-state index in [1.165, 1.54) is 22.9 Å². The van der Waals surface area contributed by atoms with Crippen molar-refractivity contribution in [2.24, 2.45) is 10.2 Å². The number of carbonyl (C=O) groups is 2. The Morgan fingerprint density at radius 1 is 0.918 bits per heavy atom. The van der Waals surface area contributed by atoms with Crippen LogP contribution in [0.4, 0.5) is 34.5 Å². The van der Waals surface area contributed by atoms with E-state index in [1.807, 2.05) is 68.4 Å². The number of ether oxygens (including phenoxy) is 1. The van der Waals surface area contributed by atoms with E-state index in [4.69, 9.17) is 25.3 Å². The second kappa shape index (κ2) is 17.2. The Morgan fingerprint density at radius 2 is 1.52 bits per heavy atom. The third-order valence-electron chi connectivity index (χ3n) is 9.73. The van der Waals surface area contributed by atoms with E-state index in [1.54, 1.807) is 0 Å². The molecule has 6 rings (SSSR count). The molecule has 0 bridgehead atoms. The standard InChI is InChI=1S/C43H46N10O6S2/c1-23-13-25(3)36(26(4)14-23)46-34-17-29(7)38(40(47-34)48-37-27(5)15-24(2)16-28(37)6)49-50-41-31(19-44)39(43(8,9)10)51-53(41)42-45-32-12-11-30(18-33(32)60-42)61(57,58)52(20-35(55)56)21-59-22-54/h11-18,22H,20-21H2,1-10H3,(H,55,56)(H2,46,47,48). The normalized spacial score (nSPS) is 12.0. The number of rotatable bonds is 14. The number of anilines is 4. The van der Waals surface area contributed by atoms with E-state index >= 15 is 0 Å². The molecule has 0 radical (unpaired) electrons. The number of thiazole rings is 1. The molecule has 3 heterocycles. The second-order valence-corrected chi connectivity index (χ2v) is 18.8. The molecule has 3 aromatic heterocycles. The Hall–Kier alpha value is -6.55. The molecule has 0 aliphatic heterocycles. The topological polar surface area (TPSA) is 217 Å². The van der Waals surface area contributed by atoms with Gasteiger partial charge in [-0.2, -0.15) is 19.3 Å². The summed E-state index contributed by atoms with van der Waals surface area (Å²) in [4.78, 5) is 31.8. The number of aliphatic carboxylic acids is 1. The summed E-state index contributed by atoms with van der Waals surface area (Å²) < 4.78 is 34.0. The van der Waals surface area contributed by atoms with E-state index in [0.717, 1.165) is 61.7 Å². The van der Waals surface area contributed by atoms with Gasteiger partial charge in [-0.15, -0.1) is 10.2 Å². The molecular weight excluding hydrogens is 817 g/mol. The summed E-state index contributed by atoms with van der Waals surface area (Å²) in [5.74, 6) is -0.322. The van der Waals surface area contributed by atoms with Crippen LogP contribution in [0.2, 0.25) is 0 Å². The van der Waals surface area contributed by atoms with Gasteiger partial charge in [0.2, 0.25) is 15.2 Å². The van der Waals surface area contributed by atoms with Gasteiger partial charge in [-0.25, -0.2) is 18.4 Å². The zero-order valence-electron chi connectivity index (χ0n) is 35.5. The molecule has 0 fully saturated rings. The third-order valence-corrected chi connectivity index (χ3v) is 12.5. The Balaban J connectivity index is 1.49. The SMILES string of the molecule is Cc1cc(C)c(Nc2cc(C)c(N=Nc3c(C#N)c(C(C)(C)C)nn3-c3nc4ccc(S(=O)(=O)N(COC=O)CC(=O)O)cc4s3)c(Nc3c(C)cc(C)cc3C)n2)c(C)c1. The molecule has 61 heavy (non-hydrogen) atoms. The molecule has 6 aromatic rings. The third kappa shape index (κ3) is 9.28. The molecule has 0 saturated carbocycles. The number of nitrogens with zero attached hydrogens (tertiary/aromatic N) is 8. The Bertz CT molecular complexity index is 2860. The lowest BCUT2D eigenvalue weighted by Crippen LogP contribution is -2.37. The van der Waals surface area contributed by atoms with Gasteiger partial charge in [0.1, 0.15) is 29.7 Å². The molecule has 0 aliphatic carbocycles. The van der Waals surface area contributed by atoms with Crippen molar-refractivity contribution in [1.29, 1.82) is 5.26 Å². The lowest BCUT2D eigenvalue weighted by atomic mass is 9.90. The van der Waals surface area contributed by atoms with Crippen LogP contribution in [0, 0.1) is 59.8 Å². The average molecular weight is 863 g/mol. The molecule has 0 atom stereocenters. The number of nitrogens with one attached hydrogen (secondary N) is 2. The number of fused-ring (bicyclic) bond motifs is 1. The summed E-state index contributed by atoms with van der Waals surface area (Å²) in [6.45, 7) is 18.2. The predicted molar refractivity (Wildman–Crippen MR) is 235 cm³/mol. The number of pyridine rings is 1. The summed E-state index contributed by atoms with van der Waals surface area (Å²) in [5, 5.41) is 41.6. The molecule has 0 amide bonds. The van der Waals surface area contributed by atoms with Gasteiger partial charge >= 0.3 is 5.97 Å². The number of azo groups is 1. The summed E-state index contributed by atoms with van der Waals surface area (Å²) in [6.07, 6.45) is 0. The first kappa shape index (κ1) is 44.0. The number of hydrogen-bond donors (Lipinski definition) is 3. The van der Waals surface area contributed by atoms with E-state index in [9.17, 15) is 28.4 Å². The number of aromatic nitrogens is 4. The van der Waals surface area contributed by atoms with Crippen LogP contribution < -0.4 is 10.6 Å². The highest BCUT2D eigenvalue weighted by atomic mass is 32.2. The van der Waals surface area contributed by atoms with E-state index < -0.39 is 34.7 Å². The lowest BCUT2D eigenvalue weighted by molar-refractivity contribution is -0.140. The molecule has 16 nitrogen and oxygen atoms in total. The van der Waals surface area contributed by atoms with Crippen LogP contribution >= 0.6 is 11.3 Å². The van der Waals surface area contributed by atoms with Gasteiger partial charge in [0.25, 0.3) is 6.47 Å². The first-order valence-corrected chi connectivity index (χ1v) is 21.3. The highest BCUT2D eigenvalue weighted by molar-refractivity contribution is 7.89. The first-order valence-electron chi connectivity index (χ1n) is 19.1. The zero-order valence-corrected chi connectivity index (χ0v) is 37.1. The van der Waals surface area contributed by atoms with Crippen LogP contribution in [0.25, 0.3) is 15.3 Å². The molecule has 0 saturated heterocycles. The van der Waals surface area contributed by atoms with Crippen molar-refractivity contribution < 1.29 is 27.9 Å². The second-order valence-electron chi connectivity index (χ2n) is 15.9. The van der Waals surface area contributed by atoms with Crippen molar-refractivity contribution in [3.05, 3.63) is 98.7 Å². The van der Waals surface area contributed by atoms with Crippen LogP contribution in [0.5, 0.6) is 0 Å². The maximum Gasteiger partial charge on any atom is 0.319 e. The van der Waals surface area contributed by atoms with E-state index in [0.29, 0.717) is 37.5 Å². The van der Waals surface area contributed by atoms with Crippen molar-refractivity contribution in [2.45, 2.75) is 79.5 Å². The molecule has 3 N–H and O–H groups in total. The van der Waals surface area contributed by atoms with Crippen LogP contribution in [0.15, 0.2) is 63.7 Å². The highest BCUT2D eigenvalue weighted by Crippen LogP contribution is 2.40. The smallest absolute Gasteiger partial charge is 0.319 e. The average Bonchev–Trinajstić information content (AvgIpc) is 3.77. The number of carboxylic acids is 1. The van der Waals surface area contributed by atoms with Crippen molar-refractivity contribution >= 4 is 78.5 Å². The van der Waals surface area contributed by atoms with Crippen molar-refractivity contribution in [3.8, 4) is 11.2 Å². The van der Waals surface area contributed by atoms with Gasteiger partial charge in [0, 0.05) is 16.8 Å². The van der Waals surface area contributed by atoms with Gasteiger partial charge < -0.3 is 20.5 Å². The minimum atomic E-state index is -4.42. The molecule has 0 spiro atoms. The number of aryl methyl sites for hydroxylation is 7. The highest BCUT2D eigenvalue weighted by Gasteiger charge is 2.31. The summed E-state index contributed by atoms with van der Waals surface area (Å²) in [6, 6.07) is 16.7. The van der Waals surface area contributed by atoms with Crippen molar-refractivity contribution in [1.82, 2.24) is 24.1 Å². The van der Waals surface area contributed by atoms with Gasteiger partial charge in [-0.1, -0.05) is 67.5 Å². The number of nitriles is 1. The molecule has 0 aliphatic rings. The van der Waals surface area contributed by atoms with Gasteiger partial charge in [-0.05, 0) is 101 Å². The first-order chi connectivity index (χ1) is 28.7. The number of carboxylic acid groups (broad SMARTS) is 1. The van der Waals surface area contributed by atoms with E-state index in [2.05, 4.69) is 52.6 Å². The minimum Gasteiger partial charge on any atom is -0.480 e. The van der Waals surface area contributed by atoms with Crippen molar-refractivity contribution in [2.75, 3.05) is 23.9 Å². The molecule has 18 heteroatoms. The van der Waals surface area contributed by atoms with Gasteiger partial charge in [-0.3, -0.25) is 9.59 Å². The minimum absolute atomic E-state index is 0.0326. The molecule has 3 aromatic carbocycles. The maximum absolute atomic E-state index is 13.5. The van der Waals surface area contributed by atoms with E-state index in [-0.39, 0.29) is 27.9 Å². The molecular formula is C43H46N10O6S2. The Labute approximate surface area is 358 Å². The number of carbonyl (C=O) groups excluding carboxylic acids is 1. The number of sulfonamides is 1. The maximum atomic E-state index is 13.5. The monoisotopic (exact) mass is 862 g/mol. The van der Waals surface area contributed by atoms with Gasteiger partial charge in [0.05, 0.1) is 20.8 Å². The fourth-order valence-electron chi connectivity index (χ4n) is 7.06. The predicted octanol–water partition coefficient (Wildman–Crippen LogP) is 9.31. The lowest BCUT2D eigenvalue weighted by Gasteiger charge is -2.18. The van der Waals surface area contributed by atoms with Crippen LogP contribution in [-0.2, 0) is 29.8 Å². The largest absolute Gasteiger partial charge is 0.480 e. The number of hydrogen-bond acceptors (Lipinski definition) is 14. The fourth-order valence-corrected chi connectivity index (χ4v) is 9.38. The Kier molecular flexibility index (Phi) is 12.4. The zero-order chi connectivity index (χ0) is 44.6. The number of benzene rings is 3. The quantitative estimate of drug-likeness (QED) is 0.0530. The molecule has 316 valence electrons. The Morgan fingerprint density at radius 3 is 2.08 bits per heavy atom.